The van der Waals surface area contributed by atoms with Crippen LogP contribution in [-0.4, -0.2) is 51.8 Å². The van der Waals surface area contributed by atoms with Crippen LogP contribution in [0.2, 0.25) is 0 Å². The van der Waals surface area contributed by atoms with E-state index in [9.17, 15) is 4.79 Å². The molecule has 8 nitrogen and oxygen atoms in total. The summed E-state index contributed by atoms with van der Waals surface area (Å²) in [4.78, 5) is 23.5. The van der Waals surface area contributed by atoms with Crippen LogP contribution < -0.4 is 15.5 Å². The fourth-order valence-electron chi connectivity index (χ4n) is 3.08. The zero-order chi connectivity index (χ0) is 18.4. The van der Waals surface area contributed by atoms with Crippen LogP contribution in [0.3, 0.4) is 0 Å². The number of nitrogens with zero attached hydrogens (tertiary/aromatic N) is 5. The van der Waals surface area contributed by atoms with Crippen molar-refractivity contribution in [2.24, 2.45) is 0 Å². The first-order valence-electron chi connectivity index (χ1n) is 9.25. The first kappa shape index (κ1) is 18.2. The molecule has 8 heteroatoms. The van der Waals surface area contributed by atoms with Gasteiger partial charge in [0.1, 0.15) is 23.5 Å². The van der Waals surface area contributed by atoms with Crippen molar-refractivity contribution in [3.63, 3.8) is 0 Å². The van der Waals surface area contributed by atoms with Gasteiger partial charge in [0.2, 0.25) is 5.91 Å². The summed E-state index contributed by atoms with van der Waals surface area (Å²) in [6.07, 6.45) is 7.18. The number of aryl methyl sites for hydroxylation is 1. The molecule has 26 heavy (non-hydrogen) atoms. The molecule has 0 bridgehead atoms. The third-order valence-electron chi connectivity index (χ3n) is 4.54. The van der Waals surface area contributed by atoms with Gasteiger partial charge in [0, 0.05) is 44.6 Å². The molecule has 0 radical (unpaired) electrons. The molecule has 2 N–H and O–H groups in total. The van der Waals surface area contributed by atoms with Gasteiger partial charge in [0.05, 0.1) is 0 Å². The number of carbonyl (C=O) groups excluding carboxylic acids is 1. The van der Waals surface area contributed by atoms with Gasteiger partial charge < -0.3 is 15.5 Å². The van der Waals surface area contributed by atoms with E-state index < -0.39 is 0 Å². The summed E-state index contributed by atoms with van der Waals surface area (Å²) in [6, 6.07) is 3.48. The third-order valence-corrected chi connectivity index (χ3v) is 4.54. The van der Waals surface area contributed by atoms with Gasteiger partial charge in [-0.15, -0.1) is 0 Å². The molecule has 2 aromatic heterocycles. The molecule has 3 heterocycles. The monoisotopic (exact) mass is 357 g/mol. The molecular weight excluding hydrogens is 330 g/mol. The number of amides is 1. The Hall–Kier alpha value is -2.64. The van der Waals surface area contributed by atoms with Gasteiger partial charge >= 0.3 is 0 Å². The first-order chi connectivity index (χ1) is 12.6. The highest BCUT2D eigenvalue weighted by atomic mass is 16.2. The molecule has 140 valence electrons. The predicted molar refractivity (Wildman–Crippen MR) is 101 cm³/mol. The lowest BCUT2D eigenvalue weighted by molar-refractivity contribution is -0.124. The Labute approximate surface area is 154 Å². The van der Waals surface area contributed by atoms with Gasteiger partial charge in [-0.25, -0.2) is 9.97 Å². The second-order valence-electron chi connectivity index (χ2n) is 6.59. The van der Waals surface area contributed by atoms with Crippen LogP contribution in [0.4, 0.5) is 11.6 Å². The van der Waals surface area contributed by atoms with E-state index in [2.05, 4.69) is 30.6 Å². The van der Waals surface area contributed by atoms with Gasteiger partial charge in [-0.3, -0.25) is 9.48 Å². The summed E-state index contributed by atoms with van der Waals surface area (Å²) in [5, 5.41) is 10.3. The van der Waals surface area contributed by atoms with Gasteiger partial charge in [-0.1, -0.05) is 0 Å². The maximum Gasteiger partial charge on any atom is 0.244 e. The van der Waals surface area contributed by atoms with E-state index in [1.54, 1.807) is 17.1 Å². The van der Waals surface area contributed by atoms with Crippen molar-refractivity contribution in [3.8, 4) is 0 Å². The molecule has 1 aliphatic rings. The molecular formula is C18H27N7O. The van der Waals surface area contributed by atoms with Crippen LogP contribution in [0, 0.1) is 6.92 Å². The summed E-state index contributed by atoms with van der Waals surface area (Å²) in [5.74, 6) is 2.48. The molecule has 1 fully saturated rings. The van der Waals surface area contributed by atoms with E-state index in [0.717, 1.165) is 30.5 Å². The Kier molecular flexibility index (Phi) is 6.04. The molecule has 2 aromatic rings. The Morgan fingerprint density at radius 2 is 2.04 bits per heavy atom. The number of anilines is 2. The number of nitrogens with one attached hydrogen (secondary N) is 2. The molecule has 1 saturated heterocycles. The Morgan fingerprint density at radius 1 is 1.23 bits per heavy atom. The van der Waals surface area contributed by atoms with E-state index in [4.69, 9.17) is 0 Å². The number of piperidine rings is 1. The van der Waals surface area contributed by atoms with E-state index >= 15 is 0 Å². The Morgan fingerprint density at radius 3 is 2.77 bits per heavy atom. The molecule has 0 aliphatic carbocycles. The average molecular weight is 357 g/mol. The molecule has 1 atom stereocenters. The molecule has 0 aromatic carbocycles. The van der Waals surface area contributed by atoms with Crippen molar-refractivity contribution in [2.75, 3.05) is 36.4 Å². The zero-order valence-corrected chi connectivity index (χ0v) is 15.5. The summed E-state index contributed by atoms with van der Waals surface area (Å²) in [6.45, 7) is 6.97. The smallest absolute Gasteiger partial charge is 0.244 e. The van der Waals surface area contributed by atoms with Crippen LogP contribution in [0.25, 0.3) is 0 Å². The number of rotatable bonds is 7. The maximum absolute atomic E-state index is 12.1. The number of hydrogen-bond donors (Lipinski definition) is 2. The lowest BCUT2D eigenvalue weighted by Gasteiger charge is -2.28. The van der Waals surface area contributed by atoms with E-state index in [1.807, 2.05) is 26.0 Å². The quantitative estimate of drug-likeness (QED) is 0.734. The van der Waals surface area contributed by atoms with Crippen molar-refractivity contribution in [3.05, 3.63) is 30.4 Å². The lowest BCUT2D eigenvalue weighted by atomic mass is 10.1. The SMILES string of the molecule is Cc1nc(NCCNC(=O)C(C)n2cccn2)cc(N2CCCCC2)n1. The minimum Gasteiger partial charge on any atom is -0.368 e. The van der Waals surface area contributed by atoms with E-state index in [-0.39, 0.29) is 11.9 Å². The summed E-state index contributed by atoms with van der Waals surface area (Å²) in [5.41, 5.74) is 0. The Bertz CT molecular complexity index is 710. The van der Waals surface area contributed by atoms with Crippen LogP contribution in [-0.2, 0) is 4.79 Å². The van der Waals surface area contributed by atoms with Gasteiger partial charge in [0.15, 0.2) is 0 Å². The van der Waals surface area contributed by atoms with Crippen molar-refractivity contribution < 1.29 is 4.79 Å². The zero-order valence-electron chi connectivity index (χ0n) is 15.5. The first-order valence-corrected chi connectivity index (χ1v) is 9.25. The summed E-state index contributed by atoms with van der Waals surface area (Å²) >= 11 is 0. The van der Waals surface area contributed by atoms with Crippen molar-refractivity contribution >= 4 is 17.5 Å². The predicted octanol–water partition coefficient (Wildman–Crippen LogP) is 1.76. The molecule has 0 saturated carbocycles. The second kappa shape index (κ2) is 8.64. The van der Waals surface area contributed by atoms with Crippen molar-refractivity contribution in [1.29, 1.82) is 0 Å². The summed E-state index contributed by atoms with van der Waals surface area (Å²) in [7, 11) is 0. The Balaban J connectivity index is 1.48. The lowest BCUT2D eigenvalue weighted by Crippen LogP contribution is -2.34. The molecule has 0 spiro atoms. The maximum atomic E-state index is 12.1. The van der Waals surface area contributed by atoms with Gasteiger partial charge in [-0.2, -0.15) is 5.10 Å². The molecule has 1 aliphatic heterocycles. The molecule has 1 amide bonds. The van der Waals surface area contributed by atoms with Crippen molar-refractivity contribution in [2.45, 2.75) is 39.2 Å². The largest absolute Gasteiger partial charge is 0.368 e. The fraction of sp³-hybridized carbons (Fsp3) is 0.556. The number of hydrogen-bond acceptors (Lipinski definition) is 6. The van der Waals surface area contributed by atoms with E-state index in [1.165, 1.54) is 19.3 Å². The molecule has 1 unspecified atom stereocenters. The van der Waals surface area contributed by atoms with Crippen LogP contribution in [0.5, 0.6) is 0 Å². The van der Waals surface area contributed by atoms with Gasteiger partial charge in [-0.05, 0) is 39.2 Å². The minimum absolute atomic E-state index is 0.0524. The topological polar surface area (TPSA) is 88.0 Å². The standard InChI is InChI=1S/C18H27N7O/c1-14(25-12-6-7-21-25)18(26)20-9-8-19-16-13-17(23-15(2)22-16)24-10-4-3-5-11-24/h6-7,12-14H,3-5,8-11H2,1-2H3,(H,20,26)(H,19,22,23). The van der Waals surface area contributed by atoms with Crippen molar-refractivity contribution in [1.82, 2.24) is 25.1 Å². The van der Waals surface area contributed by atoms with Crippen LogP contribution in [0.1, 0.15) is 38.1 Å². The minimum atomic E-state index is -0.322. The molecule has 3 rings (SSSR count). The highest BCUT2D eigenvalue weighted by Gasteiger charge is 2.15. The normalized spacial score (nSPS) is 15.5. The highest BCUT2D eigenvalue weighted by Crippen LogP contribution is 2.20. The highest BCUT2D eigenvalue weighted by molar-refractivity contribution is 5.79. The van der Waals surface area contributed by atoms with Gasteiger partial charge in [0.25, 0.3) is 0 Å². The average Bonchev–Trinajstić information content (AvgIpc) is 3.19. The van der Waals surface area contributed by atoms with Crippen LogP contribution in [0.15, 0.2) is 24.5 Å². The number of carbonyl (C=O) groups is 1. The number of aromatic nitrogens is 4. The second-order valence-corrected chi connectivity index (χ2v) is 6.59. The summed E-state index contributed by atoms with van der Waals surface area (Å²) < 4.78 is 1.64. The van der Waals surface area contributed by atoms with E-state index in [0.29, 0.717) is 13.1 Å². The third kappa shape index (κ3) is 4.71. The van der Waals surface area contributed by atoms with Crippen LogP contribution >= 0.6 is 0 Å². The fourth-order valence-corrected chi connectivity index (χ4v) is 3.08.